The Balaban J connectivity index is 1.48. The number of imidazole rings is 1. The Morgan fingerprint density at radius 3 is 2.92 bits per heavy atom. The Bertz CT molecular complexity index is 941. The zero-order valence-corrected chi connectivity index (χ0v) is 15.6. The number of urea groups is 1. The van der Waals surface area contributed by atoms with E-state index in [0.717, 1.165) is 22.8 Å². The molecule has 0 aliphatic carbocycles. The summed E-state index contributed by atoms with van der Waals surface area (Å²) < 4.78 is 27.9. The number of amides is 3. The van der Waals surface area contributed by atoms with Crippen LogP contribution in [0.4, 0.5) is 4.79 Å². The number of nitrogens with one attached hydrogen (secondary N) is 3. The van der Waals surface area contributed by atoms with Gasteiger partial charge in [-0.3, -0.25) is 10.1 Å². The SMILES string of the molecule is COc1ccc2nc(SCC(=O)NC(=O)N[C@H]3CCS(=O)(=O)C3)[nH]c2c1. The van der Waals surface area contributed by atoms with Gasteiger partial charge >= 0.3 is 6.03 Å². The number of aromatic amines is 1. The van der Waals surface area contributed by atoms with Crippen LogP contribution in [0.2, 0.25) is 0 Å². The van der Waals surface area contributed by atoms with Gasteiger partial charge in [0.05, 0.1) is 35.4 Å². The van der Waals surface area contributed by atoms with Crippen molar-refractivity contribution in [2.45, 2.75) is 17.6 Å². The molecule has 1 atom stereocenters. The van der Waals surface area contributed by atoms with Gasteiger partial charge in [0.1, 0.15) is 5.75 Å². The molecule has 26 heavy (non-hydrogen) atoms. The summed E-state index contributed by atoms with van der Waals surface area (Å²) in [4.78, 5) is 31.0. The van der Waals surface area contributed by atoms with Crippen LogP contribution in [0.3, 0.4) is 0 Å². The van der Waals surface area contributed by atoms with Gasteiger partial charge in [-0.1, -0.05) is 11.8 Å². The second-order valence-electron chi connectivity index (χ2n) is 5.84. The maximum absolute atomic E-state index is 11.9. The Hall–Kier alpha value is -2.27. The number of hydrogen-bond acceptors (Lipinski definition) is 7. The lowest BCUT2D eigenvalue weighted by Crippen LogP contribution is -2.45. The fourth-order valence-corrected chi connectivity index (χ4v) is 4.95. The van der Waals surface area contributed by atoms with E-state index in [2.05, 4.69) is 20.6 Å². The molecule has 1 aliphatic rings. The molecular weight excluding hydrogens is 380 g/mol. The van der Waals surface area contributed by atoms with Crippen LogP contribution in [-0.4, -0.2) is 60.7 Å². The lowest BCUT2D eigenvalue weighted by molar-refractivity contribution is -0.117. The molecule has 0 unspecified atom stereocenters. The normalized spacial score (nSPS) is 18.6. The van der Waals surface area contributed by atoms with Crippen molar-refractivity contribution in [3.8, 4) is 5.75 Å². The number of rotatable bonds is 5. The number of H-pyrrole nitrogens is 1. The molecule has 0 bridgehead atoms. The zero-order chi connectivity index (χ0) is 18.7. The van der Waals surface area contributed by atoms with E-state index in [1.165, 1.54) is 0 Å². The third kappa shape index (κ3) is 4.67. The van der Waals surface area contributed by atoms with Crippen LogP contribution < -0.4 is 15.4 Å². The van der Waals surface area contributed by atoms with Gasteiger partial charge in [-0.2, -0.15) is 0 Å². The fraction of sp³-hybridized carbons (Fsp3) is 0.400. The number of fused-ring (bicyclic) bond motifs is 1. The van der Waals surface area contributed by atoms with Crippen molar-refractivity contribution in [2.75, 3.05) is 24.4 Å². The first-order chi connectivity index (χ1) is 12.3. The van der Waals surface area contributed by atoms with E-state index in [1.807, 2.05) is 0 Å². The van der Waals surface area contributed by atoms with Crippen molar-refractivity contribution >= 4 is 44.6 Å². The number of sulfone groups is 1. The predicted octanol–water partition coefficient (Wildman–Crippen LogP) is 0.676. The van der Waals surface area contributed by atoms with Gasteiger partial charge in [-0.25, -0.2) is 18.2 Å². The topological polar surface area (TPSA) is 130 Å². The minimum atomic E-state index is -3.09. The van der Waals surface area contributed by atoms with Crippen molar-refractivity contribution in [3.63, 3.8) is 0 Å². The quantitative estimate of drug-likeness (QED) is 0.631. The van der Waals surface area contributed by atoms with Crippen molar-refractivity contribution in [1.29, 1.82) is 0 Å². The summed E-state index contributed by atoms with van der Waals surface area (Å²) in [5, 5.41) is 5.24. The number of carbonyl (C=O) groups is 2. The number of imide groups is 1. The van der Waals surface area contributed by atoms with E-state index in [9.17, 15) is 18.0 Å². The maximum Gasteiger partial charge on any atom is 0.321 e. The number of aromatic nitrogens is 2. The molecule has 11 heteroatoms. The van der Waals surface area contributed by atoms with Gasteiger partial charge in [0.2, 0.25) is 5.91 Å². The van der Waals surface area contributed by atoms with E-state index in [4.69, 9.17) is 4.74 Å². The van der Waals surface area contributed by atoms with E-state index in [1.54, 1.807) is 25.3 Å². The first kappa shape index (κ1) is 18.5. The van der Waals surface area contributed by atoms with Crippen molar-refractivity contribution in [1.82, 2.24) is 20.6 Å². The fourth-order valence-electron chi connectivity index (χ4n) is 2.59. The summed E-state index contributed by atoms with van der Waals surface area (Å²) in [6, 6.07) is 4.25. The largest absolute Gasteiger partial charge is 0.497 e. The van der Waals surface area contributed by atoms with Crippen LogP contribution in [-0.2, 0) is 14.6 Å². The lowest BCUT2D eigenvalue weighted by atomic mass is 10.3. The minimum absolute atomic E-state index is 0.00661. The minimum Gasteiger partial charge on any atom is -0.497 e. The van der Waals surface area contributed by atoms with Gasteiger partial charge in [0, 0.05) is 12.1 Å². The standard InChI is InChI=1S/C15H18N4O5S2/c1-24-10-2-3-11-12(6-10)18-15(17-11)25-7-13(20)19-14(21)16-9-4-5-26(22,23)8-9/h2-3,6,9H,4-5,7-8H2,1H3,(H,17,18)(H2,16,19,20,21)/t9-/m0/s1. The molecule has 9 nitrogen and oxygen atoms in total. The number of methoxy groups -OCH3 is 1. The smallest absolute Gasteiger partial charge is 0.321 e. The molecule has 1 saturated heterocycles. The van der Waals surface area contributed by atoms with E-state index in [-0.39, 0.29) is 17.3 Å². The van der Waals surface area contributed by atoms with Crippen LogP contribution in [0.5, 0.6) is 5.75 Å². The van der Waals surface area contributed by atoms with Crippen molar-refractivity contribution < 1.29 is 22.7 Å². The van der Waals surface area contributed by atoms with Crippen molar-refractivity contribution in [3.05, 3.63) is 18.2 Å². The highest BCUT2D eigenvalue weighted by Crippen LogP contribution is 2.22. The molecule has 0 saturated carbocycles. The van der Waals surface area contributed by atoms with E-state index < -0.39 is 27.8 Å². The molecule has 140 valence electrons. The summed E-state index contributed by atoms with van der Waals surface area (Å²) in [6.45, 7) is 0. The lowest BCUT2D eigenvalue weighted by Gasteiger charge is -2.10. The number of thioether (sulfide) groups is 1. The molecular formula is C15H18N4O5S2. The first-order valence-electron chi connectivity index (χ1n) is 7.82. The molecule has 2 aromatic rings. The second kappa shape index (κ2) is 7.54. The monoisotopic (exact) mass is 398 g/mol. The molecule has 3 rings (SSSR count). The summed E-state index contributed by atoms with van der Waals surface area (Å²) in [5.74, 6) is 0.157. The highest BCUT2D eigenvalue weighted by molar-refractivity contribution is 7.99. The number of hydrogen-bond donors (Lipinski definition) is 3. The van der Waals surface area contributed by atoms with Gasteiger partial charge in [0.25, 0.3) is 0 Å². The predicted molar refractivity (Wildman–Crippen MR) is 97.1 cm³/mol. The third-order valence-corrected chi connectivity index (χ3v) is 6.47. The highest BCUT2D eigenvalue weighted by atomic mass is 32.2. The molecule has 0 spiro atoms. The van der Waals surface area contributed by atoms with Crippen molar-refractivity contribution in [2.24, 2.45) is 0 Å². The van der Waals surface area contributed by atoms with Crippen LogP contribution in [0.15, 0.2) is 23.4 Å². The van der Waals surface area contributed by atoms with Crippen LogP contribution >= 0.6 is 11.8 Å². The number of benzene rings is 1. The van der Waals surface area contributed by atoms with Gasteiger partial charge in [-0.15, -0.1) is 0 Å². The molecule has 1 aromatic carbocycles. The Morgan fingerprint density at radius 2 is 2.23 bits per heavy atom. The number of carbonyl (C=O) groups excluding carboxylic acids is 2. The van der Waals surface area contributed by atoms with Gasteiger partial charge < -0.3 is 15.0 Å². The third-order valence-electron chi connectivity index (χ3n) is 3.83. The first-order valence-corrected chi connectivity index (χ1v) is 10.6. The van der Waals surface area contributed by atoms with Gasteiger partial charge in [-0.05, 0) is 18.6 Å². The average molecular weight is 398 g/mol. The molecule has 3 N–H and O–H groups in total. The Morgan fingerprint density at radius 1 is 1.42 bits per heavy atom. The molecule has 1 aromatic heterocycles. The molecule has 2 heterocycles. The summed E-state index contributed by atoms with van der Waals surface area (Å²) >= 11 is 1.16. The Labute approximate surface area is 154 Å². The summed E-state index contributed by atoms with van der Waals surface area (Å²) in [6.07, 6.45) is 0.362. The highest BCUT2D eigenvalue weighted by Gasteiger charge is 2.29. The average Bonchev–Trinajstić information content (AvgIpc) is 3.14. The second-order valence-corrected chi connectivity index (χ2v) is 9.03. The zero-order valence-electron chi connectivity index (χ0n) is 13.9. The summed E-state index contributed by atoms with van der Waals surface area (Å²) in [7, 11) is -1.51. The molecule has 1 aliphatic heterocycles. The van der Waals surface area contributed by atoms with E-state index in [0.29, 0.717) is 17.3 Å². The molecule has 0 radical (unpaired) electrons. The Kier molecular flexibility index (Phi) is 5.37. The maximum atomic E-state index is 11.9. The summed E-state index contributed by atoms with van der Waals surface area (Å²) in [5.41, 5.74) is 1.53. The number of nitrogens with zero attached hydrogens (tertiary/aromatic N) is 1. The number of ether oxygens (including phenoxy) is 1. The van der Waals surface area contributed by atoms with Gasteiger partial charge in [0.15, 0.2) is 15.0 Å². The van der Waals surface area contributed by atoms with Crippen LogP contribution in [0, 0.1) is 0 Å². The molecule has 3 amide bonds. The molecule has 1 fully saturated rings. The van der Waals surface area contributed by atoms with Crippen LogP contribution in [0.1, 0.15) is 6.42 Å². The van der Waals surface area contributed by atoms with Crippen LogP contribution in [0.25, 0.3) is 11.0 Å². The van der Waals surface area contributed by atoms with E-state index >= 15 is 0 Å².